The predicted octanol–water partition coefficient (Wildman–Crippen LogP) is 3.48. The Morgan fingerprint density at radius 3 is 2.45 bits per heavy atom. The number of hydrogen-bond donors (Lipinski definition) is 1. The summed E-state index contributed by atoms with van der Waals surface area (Å²) in [5.41, 5.74) is 0.499. The Balaban J connectivity index is 1.41. The number of rotatable bonds is 8. The lowest BCUT2D eigenvalue weighted by Gasteiger charge is -2.36. The largest absolute Gasteiger partial charge is 0.502 e. The van der Waals surface area contributed by atoms with E-state index in [1.54, 1.807) is 31.4 Å². The van der Waals surface area contributed by atoms with Crippen molar-refractivity contribution in [1.82, 2.24) is 4.90 Å². The van der Waals surface area contributed by atoms with E-state index in [-0.39, 0.29) is 17.7 Å². The highest BCUT2D eigenvalue weighted by Gasteiger charge is 2.30. The van der Waals surface area contributed by atoms with E-state index in [1.807, 2.05) is 24.3 Å². The number of ether oxygens (including phenoxy) is 2. The van der Waals surface area contributed by atoms with E-state index < -0.39 is 28.5 Å². The van der Waals surface area contributed by atoms with Gasteiger partial charge in [-0.05, 0) is 36.4 Å². The second-order valence-corrected chi connectivity index (χ2v) is 9.60. The van der Waals surface area contributed by atoms with Crippen molar-refractivity contribution >= 4 is 22.6 Å². The van der Waals surface area contributed by atoms with Gasteiger partial charge in [0.05, 0.1) is 44.8 Å². The van der Waals surface area contributed by atoms with Crippen molar-refractivity contribution < 1.29 is 28.2 Å². The molecule has 208 valence electrons. The molecule has 0 amide bonds. The number of benzene rings is 2. The maximum absolute atomic E-state index is 13.4. The van der Waals surface area contributed by atoms with Gasteiger partial charge in [-0.25, -0.2) is 0 Å². The first-order valence-corrected chi connectivity index (χ1v) is 12.9. The number of nitrogens with zero attached hydrogens (tertiary/aromatic N) is 2. The van der Waals surface area contributed by atoms with E-state index in [4.69, 9.17) is 18.3 Å². The highest BCUT2D eigenvalue weighted by atomic mass is 16.5. The van der Waals surface area contributed by atoms with Gasteiger partial charge in [-0.15, -0.1) is 0 Å². The van der Waals surface area contributed by atoms with Crippen molar-refractivity contribution in [3.63, 3.8) is 0 Å². The van der Waals surface area contributed by atoms with E-state index in [1.165, 1.54) is 19.4 Å². The number of hydrogen-bond acceptors (Lipinski definition) is 10. The number of para-hydroxylation sites is 1. The number of piperazine rings is 1. The van der Waals surface area contributed by atoms with Crippen molar-refractivity contribution in [3.8, 4) is 11.5 Å². The van der Waals surface area contributed by atoms with Gasteiger partial charge in [-0.1, -0.05) is 12.1 Å². The molecule has 1 aliphatic rings. The minimum atomic E-state index is -1.09. The molecule has 0 bridgehead atoms. The van der Waals surface area contributed by atoms with Crippen LogP contribution in [0.4, 0.5) is 5.69 Å². The molecule has 2 aromatic heterocycles. The summed E-state index contributed by atoms with van der Waals surface area (Å²) in [5.74, 6) is -1.45. The monoisotopic (exact) mass is 546 g/mol. The third kappa shape index (κ3) is 5.57. The molecule has 0 saturated carbocycles. The van der Waals surface area contributed by atoms with Crippen LogP contribution in [0.15, 0.2) is 79.3 Å². The van der Waals surface area contributed by atoms with Crippen molar-refractivity contribution in [2.45, 2.75) is 18.9 Å². The van der Waals surface area contributed by atoms with Crippen LogP contribution in [0.1, 0.15) is 29.4 Å². The summed E-state index contributed by atoms with van der Waals surface area (Å²) < 4.78 is 21.8. The average Bonchev–Trinajstić information content (AvgIpc) is 2.98. The Morgan fingerprint density at radius 1 is 1.02 bits per heavy atom. The minimum Gasteiger partial charge on any atom is -0.502 e. The summed E-state index contributed by atoms with van der Waals surface area (Å²) >= 11 is 0. The molecule has 0 unspecified atom stereocenters. The van der Waals surface area contributed by atoms with E-state index in [9.17, 15) is 19.5 Å². The molecule has 0 radical (unpaired) electrons. The molecular formula is C30H30N2O8. The SMILES string of the molecule is COC(=O)C[C@H](c1oc(CN2CCN(c3ccc(OC)cc3)CC2)cc(=O)c1O)c1coc2ccccc2c1=O. The standard InChI is InChI=1S/C30H30N2O8/c1-37-20-9-7-19(8-10-20)32-13-11-31(12-14-32)17-21-15-25(33)29(36)30(40-21)23(16-27(34)38-2)24-18-39-26-6-4-3-5-22(26)28(24)35/h3-10,15,18,23,36H,11-14,16-17H2,1-2H3/t23-/m0/s1. The molecule has 1 N–H and O–H groups in total. The zero-order chi connectivity index (χ0) is 28.2. The molecule has 1 saturated heterocycles. The van der Waals surface area contributed by atoms with Crippen LogP contribution in [0.2, 0.25) is 0 Å². The number of carbonyl (C=O) groups is 1. The van der Waals surface area contributed by atoms with Gasteiger partial charge < -0.3 is 28.3 Å². The van der Waals surface area contributed by atoms with Crippen LogP contribution in [-0.2, 0) is 16.1 Å². The van der Waals surface area contributed by atoms with Gasteiger partial charge >= 0.3 is 5.97 Å². The molecule has 10 nitrogen and oxygen atoms in total. The first-order chi connectivity index (χ1) is 19.4. The van der Waals surface area contributed by atoms with Crippen LogP contribution in [0.3, 0.4) is 0 Å². The van der Waals surface area contributed by atoms with E-state index in [0.29, 0.717) is 36.4 Å². The third-order valence-corrected chi connectivity index (χ3v) is 7.19. The van der Waals surface area contributed by atoms with Crippen LogP contribution in [0.5, 0.6) is 11.5 Å². The minimum absolute atomic E-state index is 0.0767. The number of methoxy groups -OCH3 is 2. The quantitative estimate of drug-likeness (QED) is 0.329. The van der Waals surface area contributed by atoms with Gasteiger partial charge in [-0.2, -0.15) is 0 Å². The van der Waals surface area contributed by atoms with E-state index in [0.717, 1.165) is 24.5 Å². The second-order valence-electron chi connectivity index (χ2n) is 9.60. The molecule has 1 aliphatic heterocycles. The predicted molar refractivity (Wildman–Crippen MR) is 148 cm³/mol. The first kappa shape index (κ1) is 27.0. The molecule has 1 fully saturated rings. The van der Waals surface area contributed by atoms with Gasteiger partial charge in [0.2, 0.25) is 11.2 Å². The number of esters is 1. The molecule has 40 heavy (non-hydrogen) atoms. The zero-order valence-corrected chi connectivity index (χ0v) is 22.3. The van der Waals surface area contributed by atoms with Gasteiger partial charge in [0, 0.05) is 43.5 Å². The molecule has 3 heterocycles. The van der Waals surface area contributed by atoms with Gasteiger partial charge in [-0.3, -0.25) is 19.3 Å². The van der Waals surface area contributed by atoms with Gasteiger partial charge in [0.1, 0.15) is 17.1 Å². The fourth-order valence-corrected chi connectivity index (χ4v) is 4.97. The van der Waals surface area contributed by atoms with Gasteiger partial charge in [0.15, 0.2) is 11.2 Å². The normalized spacial score (nSPS) is 14.7. The second kappa shape index (κ2) is 11.7. The lowest BCUT2D eigenvalue weighted by molar-refractivity contribution is -0.140. The molecule has 4 aromatic rings. The fourth-order valence-electron chi connectivity index (χ4n) is 4.97. The molecule has 0 aliphatic carbocycles. The molecule has 0 spiro atoms. The summed E-state index contributed by atoms with van der Waals surface area (Å²) in [6.45, 7) is 3.28. The van der Waals surface area contributed by atoms with Crippen molar-refractivity contribution in [2.24, 2.45) is 0 Å². The summed E-state index contributed by atoms with van der Waals surface area (Å²) in [5, 5.41) is 11.0. The topological polar surface area (TPSA) is 123 Å². The molecular weight excluding hydrogens is 516 g/mol. The first-order valence-electron chi connectivity index (χ1n) is 12.9. The fraction of sp³-hybridized carbons (Fsp3) is 0.300. The number of carbonyl (C=O) groups excluding carboxylic acids is 1. The van der Waals surface area contributed by atoms with Crippen molar-refractivity contribution in [1.29, 1.82) is 0 Å². The Labute approximate surface area is 230 Å². The Hall–Kier alpha value is -4.57. The lowest BCUT2D eigenvalue weighted by atomic mass is 9.92. The third-order valence-electron chi connectivity index (χ3n) is 7.19. The lowest BCUT2D eigenvalue weighted by Crippen LogP contribution is -2.46. The highest BCUT2D eigenvalue weighted by Crippen LogP contribution is 2.33. The van der Waals surface area contributed by atoms with Crippen LogP contribution < -0.4 is 20.5 Å². The Kier molecular flexibility index (Phi) is 7.88. The maximum atomic E-state index is 13.4. The van der Waals surface area contributed by atoms with Crippen LogP contribution in [0, 0.1) is 0 Å². The van der Waals surface area contributed by atoms with Crippen LogP contribution >= 0.6 is 0 Å². The maximum Gasteiger partial charge on any atom is 0.306 e. The number of fused-ring (bicyclic) bond motifs is 1. The summed E-state index contributed by atoms with van der Waals surface area (Å²) in [4.78, 5) is 42.9. The number of anilines is 1. The van der Waals surface area contributed by atoms with Crippen molar-refractivity contribution in [3.05, 3.63) is 98.4 Å². The van der Waals surface area contributed by atoms with Crippen LogP contribution in [0.25, 0.3) is 11.0 Å². The van der Waals surface area contributed by atoms with Crippen LogP contribution in [-0.4, -0.2) is 56.4 Å². The zero-order valence-electron chi connectivity index (χ0n) is 22.3. The molecule has 10 heteroatoms. The highest BCUT2D eigenvalue weighted by molar-refractivity contribution is 5.77. The summed E-state index contributed by atoms with van der Waals surface area (Å²) in [6, 6.07) is 15.8. The summed E-state index contributed by atoms with van der Waals surface area (Å²) in [7, 11) is 2.86. The Bertz CT molecular complexity index is 1620. The Morgan fingerprint density at radius 2 is 1.75 bits per heavy atom. The van der Waals surface area contributed by atoms with Crippen molar-refractivity contribution in [2.75, 3.05) is 45.3 Å². The van der Waals surface area contributed by atoms with Gasteiger partial charge in [0.25, 0.3) is 0 Å². The summed E-state index contributed by atoms with van der Waals surface area (Å²) in [6.07, 6.45) is 0.906. The van der Waals surface area contributed by atoms with E-state index >= 15 is 0 Å². The number of aromatic hydroxyl groups is 1. The molecule has 5 rings (SSSR count). The molecule has 1 atom stereocenters. The smallest absolute Gasteiger partial charge is 0.306 e. The van der Waals surface area contributed by atoms with E-state index in [2.05, 4.69) is 9.80 Å². The molecule has 2 aromatic carbocycles. The average molecular weight is 547 g/mol.